The van der Waals surface area contributed by atoms with E-state index in [1.807, 2.05) is 0 Å². The molecule has 0 unspecified atom stereocenters. The molecule has 32 heavy (non-hydrogen) atoms. The van der Waals surface area contributed by atoms with E-state index in [0.717, 1.165) is 29.9 Å². The Morgan fingerprint density at radius 1 is 0.594 bits per heavy atom. The summed E-state index contributed by atoms with van der Waals surface area (Å²) >= 11 is 0. The molecule has 170 valence electrons. The molecule has 0 atom stereocenters. The third kappa shape index (κ3) is 7.71. The highest BCUT2D eigenvalue weighted by Crippen LogP contribution is 2.49. The quantitative estimate of drug-likeness (QED) is 0.381. The zero-order valence-corrected chi connectivity index (χ0v) is 19.0. The standard InChI is InChI=1S/C26H34.2CHNO/c1-5-13-21(14-6-1)25(22-15-7-2-8-16-22)26(23-17-9-3-10-18-23)24-19-11-4-12-20-24;2*2-1-3/h1-2,5-8,13-16,23-26H,3-4,9-12,17-20H2;2*2H. The smallest absolute Gasteiger partial charge is 0.222 e. The van der Waals surface area contributed by atoms with Crippen LogP contribution in [0.3, 0.4) is 0 Å². The Labute approximate surface area is 192 Å². The van der Waals surface area contributed by atoms with Crippen LogP contribution in [0.4, 0.5) is 0 Å². The predicted molar refractivity (Wildman–Crippen MR) is 128 cm³/mol. The van der Waals surface area contributed by atoms with E-state index in [-0.39, 0.29) is 0 Å². The minimum atomic E-state index is 0.573. The van der Waals surface area contributed by atoms with Crippen molar-refractivity contribution in [1.82, 2.24) is 0 Å². The number of carbonyl (C=O) groups excluding carboxylic acids is 2. The van der Waals surface area contributed by atoms with Crippen LogP contribution in [-0.2, 0) is 9.59 Å². The second-order valence-electron chi connectivity index (χ2n) is 8.88. The van der Waals surface area contributed by atoms with E-state index in [9.17, 15) is 0 Å². The Balaban J connectivity index is 0.000000547. The summed E-state index contributed by atoms with van der Waals surface area (Å²) in [7, 11) is 0. The molecule has 0 aliphatic heterocycles. The first-order valence-electron chi connectivity index (χ1n) is 11.9. The summed E-state index contributed by atoms with van der Waals surface area (Å²) in [5, 5.41) is 10.8. The lowest BCUT2D eigenvalue weighted by atomic mass is 9.62. The van der Waals surface area contributed by atoms with Crippen molar-refractivity contribution in [2.45, 2.75) is 70.1 Å². The van der Waals surface area contributed by atoms with Crippen molar-refractivity contribution in [2.75, 3.05) is 0 Å². The largest absolute Gasteiger partial charge is 0.231 e. The first-order chi connectivity index (χ1) is 15.8. The minimum absolute atomic E-state index is 0.573. The number of isocyanates is 2. The molecule has 0 heterocycles. The lowest BCUT2D eigenvalue weighted by molar-refractivity contribution is 0.128. The normalized spacial score (nSPS) is 16.7. The summed E-state index contributed by atoms with van der Waals surface area (Å²) in [6.45, 7) is 0. The summed E-state index contributed by atoms with van der Waals surface area (Å²) in [5.74, 6) is 3.22. The van der Waals surface area contributed by atoms with Gasteiger partial charge in [0.1, 0.15) is 0 Å². The molecule has 0 amide bonds. The van der Waals surface area contributed by atoms with Crippen LogP contribution in [0.25, 0.3) is 0 Å². The number of hydrogen-bond acceptors (Lipinski definition) is 4. The lowest BCUT2D eigenvalue weighted by Gasteiger charge is -2.43. The highest BCUT2D eigenvalue weighted by atomic mass is 16.1. The molecule has 4 heteroatoms. The summed E-state index contributed by atoms with van der Waals surface area (Å²) in [5.41, 5.74) is 3.08. The highest BCUT2D eigenvalue weighted by Gasteiger charge is 2.38. The summed E-state index contributed by atoms with van der Waals surface area (Å²) in [6, 6.07) is 22.8. The van der Waals surface area contributed by atoms with Gasteiger partial charge >= 0.3 is 0 Å². The van der Waals surface area contributed by atoms with E-state index in [4.69, 9.17) is 20.4 Å². The Hall–Kier alpha value is -2.80. The molecular weight excluding hydrogens is 396 g/mol. The van der Waals surface area contributed by atoms with Crippen molar-refractivity contribution >= 4 is 12.2 Å². The molecule has 2 saturated carbocycles. The zero-order valence-electron chi connectivity index (χ0n) is 19.0. The maximum atomic E-state index is 8.35. The van der Waals surface area contributed by atoms with E-state index < -0.39 is 0 Å². The van der Waals surface area contributed by atoms with E-state index in [1.54, 1.807) is 11.1 Å². The molecule has 4 rings (SSSR count). The third-order valence-electron chi connectivity index (χ3n) is 7.09. The molecule has 2 aliphatic rings. The van der Waals surface area contributed by atoms with Crippen LogP contribution in [0.1, 0.15) is 81.3 Å². The maximum absolute atomic E-state index is 8.35. The number of rotatable bonds is 5. The fraction of sp³-hybridized carbons (Fsp3) is 0.500. The van der Waals surface area contributed by atoms with Crippen LogP contribution in [0.15, 0.2) is 60.7 Å². The SMILES string of the molecule is N=C=O.N=C=O.c1ccc(C(c2ccccc2)C(C2CCCCC2)C2CCCCC2)cc1. The molecule has 2 aliphatic carbocycles. The zero-order chi connectivity index (χ0) is 23.0. The van der Waals surface area contributed by atoms with Gasteiger partial charge in [-0.1, -0.05) is 125 Å². The molecule has 4 nitrogen and oxygen atoms in total. The van der Waals surface area contributed by atoms with E-state index >= 15 is 0 Å². The fourth-order valence-electron chi connectivity index (χ4n) is 5.93. The van der Waals surface area contributed by atoms with Gasteiger partial charge in [0.05, 0.1) is 0 Å². The van der Waals surface area contributed by atoms with Crippen molar-refractivity contribution in [2.24, 2.45) is 17.8 Å². The van der Waals surface area contributed by atoms with Gasteiger partial charge in [0.2, 0.25) is 12.2 Å². The van der Waals surface area contributed by atoms with Crippen LogP contribution < -0.4 is 0 Å². The molecule has 0 bridgehead atoms. The van der Waals surface area contributed by atoms with Gasteiger partial charge in [0.25, 0.3) is 0 Å². The van der Waals surface area contributed by atoms with Crippen LogP contribution in [0.2, 0.25) is 0 Å². The van der Waals surface area contributed by atoms with Crippen LogP contribution >= 0.6 is 0 Å². The Bertz CT molecular complexity index is 744. The Morgan fingerprint density at radius 2 is 0.906 bits per heavy atom. The third-order valence-corrected chi connectivity index (χ3v) is 7.09. The Morgan fingerprint density at radius 3 is 1.22 bits per heavy atom. The molecule has 2 fully saturated rings. The van der Waals surface area contributed by atoms with Crippen molar-refractivity contribution < 1.29 is 9.59 Å². The van der Waals surface area contributed by atoms with Crippen molar-refractivity contribution in [3.8, 4) is 0 Å². The van der Waals surface area contributed by atoms with Gasteiger partial charge < -0.3 is 0 Å². The molecule has 0 radical (unpaired) electrons. The average Bonchev–Trinajstić information content (AvgIpc) is 2.86. The van der Waals surface area contributed by atoms with Gasteiger partial charge in [-0.05, 0) is 28.9 Å². The Kier molecular flexibility index (Phi) is 12.0. The summed E-state index contributed by atoms with van der Waals surface area (Å²) in [4.78, 5) is 16.7. The van der Waals surface area contributed by atoms with Crippen LogP contribution in [-0.4, -0.2) is 12.2 Å². The maximum Gasteiger partial charge on any atom is 0.231 e. The topological polar surface area (TPSA) is 81.8 Å². The van der Waals surface area contributed by atoms with Crippen molar-refractivity contribution in [3.05, 3.63) is 71.8 Å². The highest BCUT2D eigenvalue weighted by molar-refractivity contribution is 5.34. The lowest BCUT2D eigenvalue weighted by Crippen LogP contribution is -2.33. The van der Waals surface area contributed by atoms with Gasteiger partial charge in [-0.15, -0.1) is 0 Å². The second kappa shape index (κ2) is 15.1. The molecule has 0 spiro atoms. The van der Waals surface area contributed by atoms with Gasteiger partial charge in [-0.2, -0.15) is 0 Å². The summed E-state index contributed by atoms with van der Waals surface area (Å²) in [6.07, 6.45) is 16.0. The molecule has 2 aromatic rings. The summed E-state index contributed by atoms with van der Waals surface area (Å²) < 4.78 is 0. The number of benzene rings is 2. The molecule has 2 aromatic carbocycles. The predicted octanol–water partition coefficient (Wildman–Crippen LogP) is 7.40. The second-order valence-corrected chi connectivity index (χ2v) is 8.88. The number of nitrogens with one attached hydrogen (secondary N) is 2. The van der Waals surface area contributed by atoms with Gasteiger partial charge in [-0.25, -0.2) is 20.4 Å². The van der Waals surface area contributed by atoms with Gasteiger partial charge in [0, 0.05) is 5.92 Å². The van der Waals surface area contributed by atoms with E-state index in [2.05, 4.69) is 60.7 Å². The average molecular weight is 433 g/mol. The number of hydrogen-bond donors (Lipinski definition) is 2. The van der Waals surface area contributed by atoms with Gasteiger partial charge in [-0.3, -0.25) is 0 Å². The molecule has 0 aromatic heterocycles. The molecular formula is C28H36N2O2. The molecule has 0 saturated heterocycles. The van der Waals surface area contributed by atoms with E-state index in [1.165, 1.54) is 64.2 Å². The monoisotopic (exact) mass is 432 g/mol. The molecule has 2 N–H and O–H groups in total. The first-order valence-corrected chi connectivity index (χ1v) is 11.9. The first kappa shape index (κ1) is 25.5. The minimum Gasteiger partial charge on any atom is -0.222 e. The van der Waals surface area contributed by atoms with Crippen LogP contribution in [0, 0.1) is 28.6 Å². The van der Waals surface area contributed by atoms with E-state index in [0.29, 0.717) is 5.92 Å². The van der Waals surface area contributed by atoms with Crippen molar-refractivity contribution in [1.29, 1.82) is 10.8 Å². The van der Waals surface area contributed by atoms with Gasteiger partial charge in [0.15, 0.2) is 0 Å². The fourth-order valence-corrected chi connectivity index (χ4v) is 5.93. The van der Waals surface area contributed by atoms with Crippen LogP contribution in [0.5, 0.6) is 0 Å². The van der Waals surface area contributed by atoms with Crippen molar-refractivity contribution in [3.63, 3.8) is 0 Å².